The molecule has 9 heteroatoms. The fraction of sp³-hybridized carbons (Fsp3) is 0.333. The van der Waals surface area contributed by atoms with Gasteiger partial charge in [0.25, 0.3) is 0 Å². The summed E-state index contributed by atoms with van der Waals surface area (Å²) in [5, 5.41) is 11.9. The van der Waals surface area contributed by atoms with Gasteiger partial charge in [-0.3, -0.25) is 4.79 Å². The van der Waals surface area contributed by atoms with Crippen molar-refractivity contribution in [2.45, 2.75) is 6.18 Å². The molecule has 3 aromatic rings. The van der Waals surface area contributed by atoms with Gasteiger partial charge in [0.05, 0.1) is 10.8 Å². The molecule has 2 aliphatic rings. The highest BCUT2D eigenvalue weighted by Crippen LogP contribution is 2.32. The first-order valence-corrected chi connectivity index (χ1v) is 9.45. The minimum absolute atomic E-state index is 0.0600. The molecule has 1 aromatic heterocycles. The molecule has 158 valence electrons. The first kappa shape index (κ1) is 20.2. The second-order valence-corrected chi connectivity index (χ2v) is 7.49. The highest BCUT2D eigenvalue weighted by atomic mass is 19.4. The van der Waals surface area contributed by atoms with Crippen LogP contribution >= 0.6 is 0 Å². The summed E-state index contributed by atoms with van der Waals surface area (Å²) < 4.78 is 37.6. The Morgan fingerprint density at radius 2 is 1.63 bits per heavy atom. The minimum Gasteiger partial charge on any atom is -0.475 e. The van der Waals surface area contributed by atoms with Gasteiger partial charge in [0.2, 0.25) is 5.43 Å². The lowest BCUT2D eigenvalue weighted by molar-refractivity contribution is -0.192. The summed E-state index contributed by atoms with van der Waals surface area (Å²) in [6.45, 7) is 4.37. The van der Waals surface area contributed by atoms with Crippen LogP contribution in [0, 0.1) is 11.8 Å². The van der Waals surface area contributed by atoms with E-state index < -0.39 is 12.1 Å². The third-order valence-corrected chi connectivity index (χ3v) is 5.56. The van der Waals surface area contributed by atoms with Crippen LogP contribution in [-0.2, 0) is 4.79 Å². The molecular formula is C21H19F3N2O4. The summed E-state index contributed by atoms with van der Waals surface area (Å²) in [5.41, 5.74) is 2.51. The van der Waals surface area contributed by atoms with E-state index in [1.807, 2.05) is 36.4 Å². The maximum Gasteiger partial charge on any atom is 0.490 e. The van der Waals surface area contributed by atoms with Crippen LogP contribution in [0.2, 0.25) is 0 Å². The van der Waals surface area contributed by atoms with Gasteiger partial charge in [-0.25, -0.2) is 4.79 Å². The Morgan fingerprint density at radius 1 is 1.03 bits per heavy atom. The van der Waals surface area contributed by atoms with Crippen LogP contribution in [0.25, 0.3) is 21.9 Å². The van der Waals surface area contributed by atoms with Crippen LogP contribution in [0.1, 0.15) is 0 Å². The second-order valence-electron chi connectivity index (χ2n) is 7.49. The predicted octanol–water partition coefficient (Wildman–Crippen LogP) is 3.24. The highest BCUT2D eigenvalue weighted by Gasteiger charge is 2.38. The quantitative estimate of drug-likeness (QED) is 0.589. The number of fused-ring (bicyclic) bond motifs is 3. The average molecular weight is 420 g/mol. The van der Waals surface area contributed by atoms with E-state index in [1.165, 1.54) is 0 Å². The van der Waals surface area contributed by atoms with Gasteiger partial charge >= 0.3 is 12.1 Å². The first-order valence-electron chi connectivity index (χ1n) is 9.45. The lowest BCUT2D eigenvalue weighted by Gasteiger charge is -2.20. The summed E-state index contributed by atoms with van der Waals surface area (Å²) >= 11 is 0. The Kier molecular flexibility index (Phi) is 5.15. The van der Waals surface area contributed by atoms with Crippen molar-refractivity contribution in [2.75, 3.05) is 31.1 Å². The molecule has 2 saturated heterocycles. The van der Waals surface area contributed by atoms with E-state index in [0.29, 0.717) is 21.9 Å². The molecular weight excluding hydrogens is 401 g/mol. The van der Waals surface area contributed by atoms with Gasteiger partial charge in [-0.15, -0.1) is 0 Å². The van der Waals surface area contributed by atoms with Gasteiger partial charge in [-0.05, 0) is 42.2 Å². The van der Waals surface area contributed by atoms with Crippen LogP contribution in [0.5, 0.6) is 0 Å². The zero-order valence-electron chi connectivity index (χ0n) is 15.8. The molecule has 3 heterocycles. The SMILES string of the molecule is O=C(O)C(F)(F)F.O=c1c2ccccc2oc2ccc(N3CC4CNCC4C3)cc12. The first-order chi connectivity index (χ1) is 14.2. The molecule has 2 N–H and O–H groups in total. The largest absolute Gasteiger partial charge is 0.490 e. The maximum absolute atomic E-state index is 12.8. The number of anilines is 1. The van der Waals surface area contributed by atoms with E-state index in [1.54, 1.807) is 0 Å². The Morgan fingerprint density at radius 3 is 2.27 bits per heavy atom. The number of para-hydroxylation sites is 1. The monoisotopic (exact) mass is 420 g/mol. The summed E-state index contributed by atoms with van der Waals surface area (Å²) in [4.78, 5) is 24.1. The summed E-state index contributed by atoms with van der Waals surface area (Å²) in [5.74, 6) is -1.29. The molecule has 2 atom stereocenters. The number of carbonyl (C=O) groups is 1. The van der Waals surface area contributed by atoms with Crippen molar-refractivity contribution in [3.05, 3.63) is 52.7 Å². The standard InChI is InChI=1S/C19H18N2O2.C2HF3O2/c22-19-15-3-1-2-4-17(15)23-18-6-5-14(7-16(18)19)21-10-12-8-20-9-13(12)11-21;3-2(4,5)1(6)7/h1-7,12-13,20H,8-11H2;(H,6,7). The fourth-order valence-electron chi connectivity index (χ4n) is 4.05. The third kappa shape index (κ3) is 3.85. The van der Waals surface area contributed by atoms with Gasteiger partial charge in [0, 0.05) is 31.9 Å². The fourth-order valence-corrected chi connectivity index (χ4v) is 4.05. The number of hydrogen-bond acceptors (Lipinski definition) is 5. The molecule has 2 aliphatic heterocycles. The Balaban J connectivity index is 0.000000272. The molecule has 2 aromatic carbocycles. The summed E-state index contributed by atoms with van der Waals surface area (Å²) in [6.07, 6.45) is -5.08. The van der Waals surface area contributed by atoms with Crippen LogP contribution in [0.4, 0.5) is 18.9 Å². The van der Waals surface area contributed by atoms with E-state index in [2.05, 4.69) is 16.3 Å². The van der Waals surface area contributed by atoms with Crippen molar-refractivity contribution in [1.29, 1.82) is 0 Å². The Labute approximate surface area is 168 Å². The number of hydrogen-bond donors (Lipinski definition) is 2. The number of nitrogens with one attached hydrogen (secondary N) is 1. The molecule has 6 nitrogen and oxygen atoms in total. The highest BCUT2D eigenvalue weighted by molar-refractivity contribution is 5.91. The van der Waals surface area contributed by atoms with E-state index in [9.17, 15) is 18.0 Å². The normalized spacial score (nSPS) is 20.8. The molecule has 0 saturated carbocycles. The van der Waals surface area contributed by atoms with Crippen LogP contribution in [0.3, 0.4) is 0 Å². The van der Waals surface area contributed by atoms with Crippen LogP contribution < -0.4 is 15.6 Å². The number of rotatable bonds is 1. The van der Waals surface area contributed by atoms with Gasteiger partial charge in [0.15, 0.2) is 0 Å². The topological polar surface area (TPSA) is 82.8 Å². The molecule has 0 spiro atoms. The predicted molar refractivity (Wildman–Crippen MR) is 106 cm³/mol. The van der Waals surface area contributed by atoms with Crippen molar-refractivity contribution < 1.29 is 27.5 Å². The smallest absolute Gasteiger partial charge is 0.475 e. The van der Waals surface area contributed by atoms with Crippen molar-refractivity contribution in [3.63, 3.8) is 0 Å². The molecule has 0 amide bonds. The number of carboxylic acids is 1. The number of benzene rings is 2. The summed E-state index contributed by atoms with van der Waals surface area (Å²) in [6, 6.07) is 13.5. The van der Waals surface area contributed by atoms with Crippen LogP contribution in [-0.4, -0.2) is 43.4 Å². The zero-order chi connectivity index (χ0) is 21.5. The molecule has 0 radical (unpaired) electrons. The summed E-state index contributed by atoms with van der Waals surface area (Å²) in [7, 11) is 0. The maximum atomic E-state index is 12.8. The molecule has 30 heavy (non-hydrogen) atoms. The number of aliphatic carboxylic acids is 1. The van der Waals surface area contributed by atoms with E-state index >= 15 is 0 Å². The van der Waals surface area contributed by atoms with Gasteiger partial charge in [0.1, 0.15) is 11.2 Å². The second kappa shape index (κ2) is 7.64. The van der Waals surface area contributed by atoms with Gasteiger partial charge < -0.3 is 19.7 Å². The van der Waals surface area contributed by atoms with E-state index in [0.717, 1.165) is 43.7 Å². The number of halogens is 3. The molecule has 2 unspecified atom stereocenters. The number of nitrogens with zero attached hydrogens (tertiary/aromatic N) is 1. The lowest BCUT2D eigenvalue weighted by Crippen LogP contribution is -2.25. The average Bonchev–Trinajstić information content (AvgIpc) is 3.30. The van der Waals surface area contributed by atoms with E-state index in [-0.39, 0.29) is 5.43 Å². The lowest BCUT2D eigenvalue weighted by atomic mass is 10.0. The Hall–Kier alpha value is -3.07. The van der Waals surface area contributed by atoms with Crippen LogP contribution in [0.15, 0.2) is 51.7 Å². The Bertz CT molecular complexity index is 1150. The van der Waals surface area contributed by atoms with Crippen molar-refractivity contribution in [2.24, 2.45) is 11.8 Å². The minimum atomic E-state index is -5.08. The van der Waals surface area contributed by atoms with Gasteiger partial charge in [-0.2, -0.15) is 13.2 Å². The van der Waals surface area contributed by atoms with Crippen molar-refractivity contribution >= 4 is 33.6 Å². The molecule has 0 bridgehead atoms. The zero-order valence-corrected chi connectivity index (χ0v) is 15.8. The number of carboxylic acid groups (broad SMARTS) is 1. The van der Waals surface area contributed by atoms with Gasteiger partial charge in [-0.1, -0.05) is 12.1 Å². The third-order valence-electron chi connectivity index (χ3n) is 5.56. The molecule has 5 rings (SSSR count). The van der Waals surface area contributed by atoms with Crippen molar-refractivity contribution in [3.8, 4) is 0 Å². The molecule has 0 aliphatic carbocycles. The van der Waals surface area contributed by atoms with Crippen molar-refractivity contribution in [1.82, 2.24) is 5.32 Å². The van der Waals surface area contributed by atoms with E-state index in [4.69, 9.17) is 14.3 Å². The molecule has 2 fully saturated rings. The number of alkyl halides is 3.